The van der Waals surface area contributed by atoms with Crippen molar-refractivity contribution in [3.63, 3.8) is 0 Å². The van der Waals surface area contributed by atoms with Gasteiger partial charge in [-0.05, 0) is 95.5 Å². The first-order valence-electron chi connectivity index (χ1n) is 17.9. The molecule has 3 aromatic heterocycles. The Hall–Kier alpha value is -6.04. The molecule has 278 valence electrons. The van der Waals surface area contributed by atoms with Crippen molar-refractivity contribution in [2.75, 3.05) is 28.4 Å². The minimum absolute atomic E-state index is 0.142. The standard InChI is InChI=1S/C42H42N4O8/c1-9-21-19(3)31-15-35-23-11-27(39(47)51-5)28(40(48)52-6)12-24(23)36(45-35)16-32-20(4)22(10-2)34(44-32)18-38-26-14-30(42(50)54-8)29(41(49)53-7)13-25(26)37(46-38)17-33(21)43-31/h15-18,43,45H,9-14H2,1-8H3. The monoisotopic (exact) mass is 730 g/mol. The van der Waals surface area contributed by atoms with Gasteiger partial charge in [-0.3, -0.25) is 0 Å². The van der Waals surface area contributed by atoms with Crippen LogP contribution in [-0.2, 0) is 57.4 Å². The maximum atomic E-state index is 13.0. The van der Waals surface area contributed by atoms with Gasteiger partial charge < -0.3 is 28.9 Å². The highest BCUT2D eigenvalue weighted by atomic mass is 16.5. The fourth-order valence-corrected chi connectivity index (χ4v) is 8.17. The zero-order valence-electron chi connectivity index (χ0n) is 31.7. The van der Waals surface area contributed by atoms with E-state index in [1.54, 1.807) is 0 Å². The lowest BCUT2D eigenvalue weighted by atomic mass is 9.84. The predicted molar refractivity (Wildman–Crippen MR) is 203 cm³/mol. The van der Waals surface area contributed by atoms with Crippen LogP contribution >= 0.6 is 0 Å². The lowest BCUT2D eigenvalue weighted by molar-refractivity contribution is -0.139. The minimum atomic E-state index is -0.587. The Labute approximate surface area is 312 Å². The third-order valence-corrected chi connectivity index (χ3v) is 11.0. The summed E-state index contributed by atoms with van der Waals surface area (Å²) in [5, 5.41) is 0. The van der Waals surface area contributed by atoms with Gasteiger partial charge in [0, 0.05) is 47.8 Å². The average Bonchev–Trinajstić information content (AvgIpc) is 3.88. The third-order valence-electron chi connectivity index (χ3n) is 11.0. The Balaban J connectivity index is 1.57. The van der Waals surface area contributed by atoms with E-state index in [1.807, 2.05) is 31.2 Å². The second-order valence-electron chi connectivity index (χ2n) is 13.7. The van der Waals surface area contributed by atoms with E-state index in [1.165, 1.54) is 28.4 Å². The van der Waals surface area contributed by atoms with Gasteiger partial charge in [0.1, 0.15) is 0 Å². The number of carbonyl (C=O) groups is 4. The van der Waals surface area contributed by atoms with E-state index in [0.29, 0.717) is 17.8 Å². The molecule has 5 heterocycles. The SMILES string of the molecule is CCC1=C(C)c2cc3[nH]c(cc4[nH]c(cc5nc(cc1n2)C1=C5CC(C(=O)OC)=C(C(=O)OC)C1)c(CC)c4C)c1c3CC(C(=O)OC)=C(C(=O)OC)C1. The molecule has 2 aliphatic heterocycles. The second kappa shape index (κ2) is 14.1. The maximum Gasteiger partial charge on any atom is 0.334 e. The summed E-state index contributed by atoms with van der Waals surface area (Å²) >= 11 is 0. The van der Waals surface area contributed by atoms with Crippen molar-refractivity contribution in [1.82, 2.24) is 19.9 Å². The van der Waals surface area contributed by atoms with E-state index < -0.39 is 23.9 Å². The number of nitrogens with one attached hydrogen (secondary N) is 2. The fraction of sp³-hybridized carbons (Fsp3) is 0.333. The van der Waals surface area contributed by atoms with Crippen molar-refractivity contribution < 1.29 is 38.1 Å². The van der Waals surface area contributed by atoms with Gasteiger partial charge in [-0.25, -0.2) is 29.1 Å². The zero-order valence-corrected chi connectivity index (χ0v) is 31.7. The molecule has 0 aromatic carbocycles. The summed E-state index contributed by atoms with van der Waals surface area (Å²) in [6.07, 6.45) is 2.05. The smallest absolute Gasteiger partial charge is 0.334 e. The van der Waals surface area contributed by atoms with Crippen LogP contribution in [0, 0.1) is 6.92 Å². The van der Waals surface area contributed by atoms with Gasteiger partial charge in [0.15, 0.2) is 0 Å². The molecular formula is C42H42N4O8. The van der Waals surface area contributed by atoms with Gasteiger partial charge in [0.05, 0.1) is 73.5 Å². The highest BCUT2D eigenvalue weighted by molar-refractivity contribution is 6.10. The van der Waals surface area contributed by atoms with Gasteiger partial charge in [0.2, 0.25) is 0 Å². The van der Waals surface area contributed by atoms with E-state index in [4.69, 9.17) is 28.9 Å². The molecule has 12 nitrogen and oxygen atoms in total. The molecule has 12 heteroatoms. The molecule has 0 radical (unpaired) electrons. The Morgan fingerprint density at radius 2 is 1.00 bits per heavy atom. The van der Waals surface area contributed by atoms with Crippen molar-refractivity contribution in [3.8, 4) is 0 Å². The molecule has 0 spiro atoms. The molecule has 0 atom stereocenters. The van der Waals surface area contributed by atoms with Crippen LogP contribution in [0.15, 0.2) is 46.6 Å². The van der Waals surface area contributed by atoms with E-state index >= 15 is 0 Å². The Morgan fingerprint density at radius 1 is 0.556 bits per heavy atom. The fourth-order valence-electron chi connectivity index (χ4n) is 8.17. The number of esters is 4. The van der Waals surface area contributed by atoms with Crippen LogP contribution in [0.3, 0.4) is 0 Å². The number of ether oxygens (including phenoxy) is 4. The van der Waals surface area contributed by atoms with Crippen LogP contribution < -0.4 is 0 Å². The van der Waals surface area contributed by atoms with Crippen molar-refractivity contribution in [3.05, 3.63) is 91.6 Å². The lowest BCUT2D eigenvalue weighted by Gasteiger charge is -2.20. The van der Waals surface area contributed by atoms with Crippen molar-refractivity contribution in [1.29, 1.82) is 0 Å². The number of methoxy groups -OCH3 is 4. The number of aryl methyl sites for hydroxylation is 2. The number of aromatic amines is 2. The number of carbonyl (C=O) groups excluding carboxylic acids is 4. The Bertz CT molecular complexity index is 2510. The first-order chi connectivity index (χ1) is 26.0. The Morgan fingerprint density at radius 3 is 1.50 bits per heavy atom. The lowest BCUT2D eigenvalue weighted by Crippen LogP contribution is -2.21. The van der Waals surface area contributed by atoms with Crippen LogP contribution in [-0.4, -0.2) is 72.3 Å². The molecule has 0 amide bonds. The zero-order chi connectivity index (χ0) is 38.6. The van der Waals surface area contributed by atoms with Crippen LogP contribution in [0.5, 0.6) is 0 Å². The molecule has 0 fully saturated rings. The largest absolute Gasteiger partial charge is 0.466 e. The number of fused-ring (bicyclic) bond motifs is 13. The normalized spacial score (nSPS) is 15.3. The number of H-pyrrole nitrogens is 2. The Kier molecular flexibility index (Phi) is 9.47. The molecule has 7 rings (SSSR count). The summed E-state index contributed by atoms with van der Waals surface area (Å²) in [7, 11) is 5.21. The van der Waals surface area contributed by atoms with E-state index in [2.05, 4.69) is 30.7 Å². The van der Waals surface area contributed by atoms with Gasteiger partial charge >= 0.3 is 23.9 Å². The number of rotatable bonds is 6. The summed E-state index contributed by atoms with van der Waals surface area (Å²) in [6.45, 7) is 8.25. The molecule has 3 aromatic rings. The molecule has 54 heavy (non-hydrogen) atoms. The molecule has 2 N–H and O–H groups in total. The molecule has 4 aliphatic rings. The highest BCUT2D eigenvalue weighted by Gasteiger charge is 2.35. The number of hydrogen-bond acceptors (Lipinski definition) is 10. The van der Waals surface area contributed by atoms with Crippen LogP contribution in [0.4, 0.5) is 0 Å². The van der Waals surface area contributed by atoms with Crippen LogP contribution in [0.2, 0.25) is 0 Å². The first kappa shape index (κ1) is 36.3. The van der Waals surface area contributed by atoms with Gasteiger partial charge in [-0.1, -0.05) is 13.8 Å². The van der Waals surface area contributed by atoms with E-state index in [0.717, 1.165) is 84.4 Å². The second-order valence-corrected chi connectivity index (χ2v) is 13.7. The molecule has 2 aliphatic carbocycles. The summed E-state index contributed by atoms with van der Waals surface area (Å²) in [6, 6.07) is 7.99. The van der Waals surface area contributed by atoms with Gasteiger partial charge in [0.25, 0.3) is 0 Å². The summed E-state index contributed by atoms with van der Waals surface area (Å²) in [4.78, 5) is 69.7. The summed E-state index contributed by atoms with van der Waals surface area (Å²) in [5.41, 5.74) is 14.7. The summed E-state index contributed by atoms with van der Waals surface area (Å²) in [5.74, 6) is -2.32. The quantitative estimate of drug-likeness (QED) is 0.208. The average molecular weight is 731 g/mol. The predicted octanol–water partition coefficient (Wildman–Crippen LogP) is 6.61. The van der Waals surface area contributed by atoms with Crippen LogP contribution in [0.25, 0.3) is 44.4 Å². The van der Waals surface area contributed by atoms with Crippen molar-refractivity contribution in [2.24, 2.45) is 0 Å². The number of hydrogen-bond donors (Lipinski definition) is 2. The third kappa shape index (κ3) is 5.86. The maximum absolute atomic E-state index is 13.0. The van der Waals surface area contributed by atoms with E-state index in [-0.39, 0.29) is 48.0 Å². The van der Waals surface area contributed by atoms with Gasteiger partial charge in [-0.15, -0.1) is 0 Å². The molecular weight excluding hydrogens is 688 g/mol. The number of nitrogens with zero attached hydrogens (tertiary/aromatic N) is 2. The minimum Gasteiger partial charge on any atom is -0.466 e. The topological polar surface area (TPSA) is 163 Å². The summed E-state index contributed by atoms with van der Waals surface area (Å²) < 4.78 is 20.5. The first-order valence-corrected chi connectivity index (χ1v) is 17.9. The molecule has 0 saturated carbocycles. The number of aromatic nitrogens is 4. The van der Waals surface area contributed by atoms with Crippen molar-refractivity contribution >= 4 is 68.2 Å². The van der Waals surface area contributed by atoms with E-state index in [9.17, 15) is 19.2 Å². The molecule has 0 saturated heterocycles. The van der Waals surface area contributed by atoms with Crippen LogP contribution in [0.1, 0.15) is 85.1 Å². The molecule has 0 unspecified atom stereocenters. The molecule has 8 bridgehead atoms. The van der Waals surface area contributed by atoms with Crippen molar-refractivity contribution in [2.45, 2.75) is 66.2 Å². The van der Waals surface area contributed by atoms with Gasteiger partial charge in [-0.2, -0.15) is 0 Å². The highest BCUT2D eigenvalue weighted by Crippen LogP contribution is 2.45. The number of allylic oxidation sites excluding steroid dienone is 4.